The molecule has 0 radical (unpaired) electrons. The predicted octanol–water partition coefficient (Wildman–Crippen LogP) is 5.44. The van der Waals surface area contributed by atoms with Gasteiger partial charge in [-0.15, -0.1) is 0 Å². The van der Waals surface area contributed by atoms with E-state index in [2.05, 4.69) is 45.5 Å². The average Bonchev–Trinajstić information content (AvgIpc) is 2.88. The van der Waals surface area contributed by atoms with Crippen LogP contribution in [0.5, 0.6) is 5.75 Å². The predicted molar refractivity (Wildman–Crippen MR) is 141 cm³/mol. The first-order valence-electron chi connectivity index (χ1n) is 11.7. The summed E-state index contributed by atoms with van der Waals surface area (Å²) in [4.78, 5) is 18.7. The van der Waals surface area contributed by atoms with E-state index in [0.717, 1.165) is 45.6 Å². The van der Waals surface area contributed by atoms with E-state index in [9.17, 15) is 4.79 Å². The van der Waals surface area contributed by atoms with Crippen molar-refractivity contribution in [1.82, 2.24) is 15.2 Å². The van der Waals surface area contributed by atoms with Crippen molar-refractivity contribution in [2.24, 2.45) is 0 Å². The number of benzene rings is 3. The highest BCUT2D eigenvalue weighted by Gasteiger charge is 2.18. The van der Waals surface area contributed by atoms with E-state index < -0.39 is 0 Å². The number of nitrogens with one attached hydrogen (secondary N) is 1. The minimum absolute atomic E-state index is 0.0631. The van der Waals surface area contributed by atoms with Gasteiger partial charge in [-0.25, -0.2) is 4.98 Å². The van der Waals surface area contributed by atoms with Gasteiger partial charge in [0, 0.05) is 30.0 Å². The van der Waals surface area contributed by atoms with E-state index in [0.29, 0.717) is 31.3 Å². The second-order valence-corrected chi connectivity index (χ2v) is 9.03. The topological polar surface area (TPSA) is 54.5 Å². The van der Waals surface area contributed by atoms with Gasteiger partial charge < -0.3 is 10.1 Å². The van der Waals surface area contributed by atoms with E-state index in [-0.39, 0.29) is 5.91 Å². The summed E-state index contributed by atoms with van der Waals surface area (Å²) in [7, 11) is 0. The zero-order valence-electron chi connectivity index (χ0n) is 19.3. The van der Waals surface area contributed by atoms with Crippen LogP contribution in [0, 0.1) is 0 Å². The lowest BCUT2D eigenvalue weighted by atomic mass is 10.0. The maximum Gasteiger partial charge on any atom is 0.234 e. The highest BCUT2D eigenvalue weighted by Crippen LogP contribution is 2.24. The fourth-order valence-corrected chi connectivity index (χ4v) is 4.28. The van der Waals surface area contributed by atoms with Crippen LogP contribution in [-0.4, -0.2) is 42.0 Å². The first-order valence-corrected chi connectivity index (χ1v) is 12.0. The third-order valence-electron chi connectivity index (χ3n) is 5.99. The van der Waals surface area contributed by atoms with Gasteiger partial charge in [0.25, 0.3) is 0 Å². The van der Waals surface area contributed by atoms with Crippen LogP contribution < -0.4 is 10.1 Å². The number of nitrogens with zero attached hydrogens (tertiary/aromatic N) is 2. The van der Waals surface area contributed by atoms with Crippen LogP contribution in [0.15, 0.2) is 84.9 Å². The van der Waals surface area contributed by atoms with Crippen LogP contribution in [0.25, 0.3) is 22.6 Å². The lowest BCUT2D eigenvalue weighted by molar-refractivity contribution is -0.123. The fraction of sp³-hybridized carbons (Fsp3) is 0.172. The normalized spacial score (nSPS) is 14.7. The van der Waals surface area contributed by atoms with Gasteiger partial charge >= 0.3 is 0 Å². The standard InChI is InChI=1S/C29H26ClN3O2/c30-25-10-5-21(6-11-25)17-24(18-33-16-15-31-29(34)19-33)22-8-13-27(14-9-22)35-20-26-12-7-23-3-1-2-4-28(23)32-26/h1-14,17H,15-16,18-20H2,(H,31,34)/b24-17-. The van der Waals surface area contributed by atoms with Gasteiger partial charge in [-0.05, 0) is 59.2 Å². The summed E-state index contributed by atoms with van der Waals surface area (Å²) in [5.41, 5.74) is 5.13. The third-order valence-corrected chi connectivity index (χ3v) is 6.24. The largest absolute Gasteiger partial charge is 0.487 e. The monoisotopic (exact) mass is 483 g/mol. The van der Waals surface area contributed by atoms with Crippen LogP contribution in [0.2, 0.25) is 5.02 Å². The lowest BCUT2D eigenvalue weighted by Crippen LogP contribution is -2.47. The second kappa shape index (κ2) is 10.7. The van der Waals surface area contributed by atoms with Gasteiger partial charge in [0.2, 0.25) is 5.91 Å². The molecule has 0 atom stereocenters. The Morgan fingerprint density at radius 3 is 2.60 bits per heavy atom. The highest BCUT2D eigenvalue weighted by molar-refractivity contribution is 6.30. The molecule has 1 aliphatic heterocycles. The number of fused-ring (bicyclic) bond motifs is 1. The molecule has 1 aromatic heterocycles. The van der Waals surface area contributed by atoms with Crippen molar-refractivity contribution in [3.8, 4) is 5.75 Å². The number of hydrogen-bond donors (Lipinski definition) is 1. The summed E-state index contributed by atoms with van der Waals surface area (Å²) in [6, 6.07) is 28.0. The quantitative estimate of drug-likeness (QED) is 0.356. The molecule has 5 rings (SSSR count). The number of carbonyl (C=O) groups excluding carboxylic acids is 1. The summed E-state index contributed by atoms with van der Waals surface area (Å²) in [5, 5.41) is 4.71. The molecule has 6 heteroatoms. The molecule has 0 spiro atoms. The van der Waals surface area contributed by atoms with Crippen LogP contribution in [0.3, 0.4) is 0 Å². The Balaban J connectivity index is 1.32. The van der Waals surface area contributed by atoms with Gasteiger partial charge in [0.1, 0.15) is 12.4 Å². The molecule has 5 nitrogen and oxygen atoms in total. The van der Waals surface area contributed by atoms with Crippen molar-refractivity contribution in [2.45, 2.75) is 6.61 Å². The van der Waals surface area contributed by atoms with Crippen molar-refractivity contribution in [2.75, 3.05) is 26.2 Å². The van der Waals surface area contributed by atoms with Crippen molar-refractivity contribution in [3.63, 3.8) is 0 Å². The van der Waals surface area contributed by atoms with Crippen molar-refractivity contribution in [3.05, 3.63) is 107 Å². The zero-order valence-corrected chi connectivity index (χ0v) is 20.0. The number of halogens is 1. The van der Waals surface area contributed by atoms with Crippen molar-refractivity contribution < 1.29 is 9.53 Å². The number of rotatable bonds is 7. The van der Waals surface area contributed by atoms with Crippen LogP contribution >= 0.6 is 11.6 Å². The molecule has 1 saturated heterocycles. The number of pyridine rings is 1. The summed E-state index contributed by atoms with van der Waals surface area (Å²) in [6.45, 7) is 2.97. The number of amides is 1. The van der Waals surface area contributed by atoms with Gasteiger partial charge in [0.05, 0.1) is 17.8 Å². The number of ether oxygens (including phenoxy) is 1. The SMILES string of the molecule is O=C1CN(C/C(=C/c2ccc(Cl)cc2)c2ccc(OCc3ccc4ccccc4n3)cc2)CCN1. The summed E-state index contributed by atoms with van der Waals surface area (Å²) >= 11 is 6.07. The number of hydrogen-bond acceptors (Lipinski definition) is 4. The molecule has 1 amide bonds. The molecule has 1 aliphatic rings. The molecule has 0 aliphatic carbocycles. The van der Waals surface area contributed by atoms with Crippen LogP contribution in [0.1, 0.15) is 16.8 Å². The molecule has 35 heavy (non-hydrogen) atoms. The fourth-order valence-electron chi connectivity index (χ4n) is 4.16. The molecule has 4 aromatic rings. The number of para-hydroxylation sites is 1. The van der Waals surface area contributed by atoms with Crippen LogP contribution in [0.4, 0.5) is 0 Å². The average molecular weight is 484 g/mol. The Morgan fingerprint density at radius 1 is 1.00 bits per heavy atom. The Hall–Kier alpha value is -3.67. The first kappa shape index (κ1) is 23.1. The zero-order chi connectivity index (χ0) is 24.0. The number of piperazine rings is 1. The Morgan fingerprint density at radius 2 is 1.80 bits per heavy atom. The number of aromatic nitrogens is 1. The molecular formula is C29H26ClN3O2. The van der Waals surface area contributed by atoms with E-state index in [1.807, 2.05) is 60.7 Å². The van der Waals surface area contributed by atoms with Gasteiger partial charge in [-0.3, -0.25) is 9.69 Å². The smallest absolute Gasteiger partial charge is 0.234 e. The molecule has 0 unspecified atom stereocenters. The Labute approximate surface area is 210 Å². The summed E-state index contributed by atoms with van der Waals surface area (Å²) in [6.07, 6.45) is 2.15. The number of carbonyl (C=O) groups is 1. The Kier molecular flexibility index (Phi) is 7.07. The summed E-state index contributed by atoms with van der Waals surface area (Å²) in [5.74, 6) is 0.847. The van der Waals surface area contributed by atoms with E-state index in [4.69, 9.17) is 16.3 Å². The third kappa shape index (κ3) is 6.07. The molecule has 2 heterocycles. The van der Waals surface area contributed by atoms with Gasteiger partial charge in [0.15, 0.2) is 0 Å². The van der Waals surface area contributed by atoms with Gasteiger partial charge in [-0.2, -0.15) is 0 Å². The van der Waals surface area contributed by atoms with Gasteiger partial charge in [-0.1, -0.05) is 60.1 Å². The molecule has 0 bridgehead atoms. The molecule has 0 saturated carbocycles. The maximum absolute atomic E-state index is 11.9. The molecule has 1 fully saturated rings. The van der Waals surface area contributed by atoms with Crippen molar-refractivity contribution >= 4 is 40.1 Å². The van der Waals surface area contributed by atoms with E-state index in [1.54, 1.807) is 0 Å². The first-order chi connectivity index (χ1) is 17.1. The highest BCUT2D eigenvalue weighted by atomic mass is 35.5. The lowest BCUT2D eigenvalue weighted by Gasteiger charge is -2.27. The molecule has 176 valence electrons. The minimum atomic E-state index is 0.0631. The van der Waals surface area contributed by atoms with E-state index >= 15 is 0 Å². The van der Waals surface area contributed by atoms with Crippen molar-refractivity contribution in [1.29, 1.82) is 0 Å². The second-order valence-electron chi connectivity index (χ2n) is 8.59. The minimum Gasteiger partial charge on any atom is -0.487 e. The van der Waals surface area contributed by atoms with Crippen LogP contribution in [-0.2, 0) is 11.4 Å². The van der Waals surface area contributed by atoms with E-state index in [1.165, 1.54) is 0 Å². The Bertz CT molecular complexity index is 1350. The molecular weight excluding hydrogens is 458 g/mol. The molecule has 3 aromatic carbocycles. The summed E-state index contributed by atoms with van der Waals surface area (Å²) < 4.78 is 6.01. The maximum atomic E-state index is 11.9. The molecule has 1 N–H and O–H groups in total.